The maximum absolute atomic E-state index is 13.5. The molecule has 0 spiro atoms. The van der Waals surface area contributed by atoms with Gasteiger partial charge in [0.15, 0.2) is 0 Å². The molecule has 0 bridgehead atoms. The average molecular weight is 599 g/mol. The van der Waals surface area contributed by atoms with E-state index in [0.29, 0.717) is 51.8 Å². The zero-order valence-electron chi connectivity index (χ0n) is 26.9. The first kappa shape index (κ1) is 38.2. The molecule has 1 heterocycles. The first-order chi connectivity index (χ1) is 20.4. The number of nitrogens with zero attached hydrogens (tertiary/aromatic N) is 4. The molecule has 5 amide bonds. The van der Waals surface area contributed by atoms with Crippen LogP contribution in [0.1, 0.15) is 111 Å². The van der Waals surface area contributed by atoms with Gasteiger partial charge in [0.05, 0.1) is 12.6 Å². The lowest BCUT2D eigenvalue weighted by molar-refractivity contribution is -0.146. The van der Waals surface area contributed by atoms with Crippen LogP contribution in [0.2, 0.25) is 0 Å². The standard InChI is InChI=1S/C31H62N6O5/c1-4-6-8-16-21-36(30(39)33-27-38)31(40)34(19-14-10-9-13-18-32)20-15-11-12-17-22-37(41)29(25-35-24-28(35)3)26-42-23-7-5-2/h27-29,41H,4-26,32H2,1-3H3,(H,33,38,39). The van der Waals surface area contributed by atoms with Gasteiger partial charge in [-0.1, -0.05) is 65.2 Å². The summed E-state index contributed by atoms with van der Waals surface area (Å²) in [5, 5.41) is 14.4. The van der Waals surface area contributed by atoms with Gasteiger partial charge in [-0.25, -0.2) is 14.5 Å². The summed E-state index contributed by atoms with van der Waals surface area (Å²) in [6.45, 7) is 12.3. The summed E-state index contributed by atoms with van der Waals surface area (Å²) in [6.07, 6.45) is 13.5. The molecule has 0 radical (unpaired) electrons. The normalized spacial score (nSPS) is 16.8. The number of ether oxygens (including phenoxy) is 1. The number of imide groups is 2. The molecule has 0 aromatic rings. The maximum atomic E-state index is 13.5. The molecule has 1 aliphatic rings. The van der Waals surface area contributed by atoms with Gasteiger partial charge >= 0.3 is 12.1 Å². The fraction of sp³-hybridized carbons (Fsp3) is 0.903. The van der Waals surface area contributed by atoms with Crippen molar-refractivity contribution < 1.29 is 24.3 Å². The van der Waals surface area contributed by atoms with E-state index in [2.05, 4.69) is 31.0 Å². The van der Waals surface area contributed by atoms with Gasteiger partial charge in [0, 0.05) is 51.9 Å². The topological polar surface area (TPSA) is 131 Å². The van der Waals surface area contributed by atoms with Crippen LogP contribution in [-0.2, 0) is 9.53 Å². The van der Waals surface area contributed by atoms with Crippen molar-refractivity contribution in [3.63, 3.8) is 0 Å². The molecule has 4 N–H and O–H groups in total. The minimum atomic E-state index is -0.659. The Morgan fingerprint density at radius 3 is 2.07 bits per heavy atom. The molecule has 0 saturated carbocycles. The molecule has 42 heavy (non-hydrogen) atoms. The van der Waals surface area contributed by atoms with Crippen molar-refractivity contribution >= 4 is 18.5 Å². The molecular formula is C31H62N6O5. The highest BCUT2D eigenvalue weighted by Crippen LogP contribution is 2.18. The number of nitrogens with one attached hydrogen (secondary N) is 1. The molecule has 11 heteroatoms. The third-order valence-electron chi connectivity index (χ3n) is 7.92. The smallest absolute Gasteiger partial charge is 0.331 e. The highest BCUT2D eigenvalue weighted by atomic mass is 16.5. The minimum Gasteiger partial charge on any atom is -0.380 e. The molecule has 3 atom stereocenters. The Hall–Kier alpha value is -1.79. The van der Waals surface area contributed by atoms with Crippen LogP contribution < -0.4 is 11.1 Å². The Morgan fingerprint density at radius 2 is 1.50 bits per heavy atom. The lowest BCUT2D eigenvalue weighted by Crippen LogP contribution is -2.50. The van der Waals surface area contributed by atoms with E-state index >= 15 is 0 Å². The quantitative estimate of drug-likeness (QED) is 0.0531. The SMILES string of the molecule is CCCCCCN(C(=O)NC=O)C(=O)N(CCCCCCN)CCCCCCN(O)C(COCCCC)CN1CC1C. The van der Waals surface area contributed by atoms with Crippen molar-refractivity contribution in [2.75, 3.05) is 59.0 Å². The van der Waals surface area contributed by atoms with Gasteiger partial charge in [0.2, 0.25) is 6.41 Å². The van der Waals surface area contributed by atoms with Gasteiger partial charge < -0.3 is 20.6 Å². The number of unbranched alkanes of at least 4 members (excludes halogenated alkanes) is 10. The largest absolute Gasteiger partial charge is 0.380 e. The number of hydrogen-bond acceptors (Lipinski definition) is 8. The average Bonchev–Trinajstić information content (AvgIpc) is 3.68. The fourth-order valence-corrected chi connectivity index (χ4v) is 5.01. The van der Waals surface area contributed by atoms with E-state index in [0.717, 1.165) is 110 Å². The summed E-state index contributed by atoms with van der Waals surface area (Å²) in [5.74, 6) is 0. The van der Waals surface area contributed by atoms with Crippen LogP contribution in [0.4, 0.5) is 9.59 Å². The van der Waals surface area contributed by atoms with Gasteiger partial charge in [-0.05, 0) is 52.0 Å². The summed E-state index contributed by atoms with van der Waals surface area (Å²) in [7, 11) is 0. The molecule has 1 saturated heterocycles. The van der Waals surface area contributed by atoms with Gasteiger partial charge in [0.1, 0.15) is 0 Å². The predicted molar refractivity (Wildman–Crippen MR) is 167 cm³/mol. The van der Waals surface area contributed by atoms with Crippen LogP contribution in [0.5, 0.6) is 0 Å². The Kier molecular flexibility index (Phi) is 22.4. The molecular weight excluding hydrogens is 536 g/mol. The fourth-order valence-electron chi connectivity index (χ4n) is 5.01. The monoisotopic (exact) mass is 598 g/mol. The van der Waals surface area contributed by atoms with Crippen LogP contribution in [0.15, 0.2) is 0 Å². The summed E-state index contributed by atoms with van der Waals surface area (Å²) in [5.41, 5.74) is 5.62. The van der Waals surface area contributed by atoms with E-state index in [4.69, 9.17) is 10.5 Å². The van der Waals surface area contributed by atoms with E-state index in [9.17, 15) is 19.6 Å². The predicted octanol–water partition coefficient (Wildman–Crippen LogP) is 4.82. The van der Waals surface area contributed by atoms with Gasteiger partial charge in [0.25, 0.3) is 0 Å². The second-order valence-corrected chi connectivity index (χ2v) is 11.7. The Morgan fingerprint density at radius 1 is 0.929 bits per heavy atom. The number of hydrogen-bond donors (Lipinski definition) is 3. The summed E-state index contributed by atoms with van der Waals surface area (Å²) < 4.78 is 5.83. The van der Waals surface area contributed by atoms with Crippen LogP contribution >= 0.6 is 0 Å². The van der Waals surface area contributed by atoms with Gasteiger partial charge in [-0.3, -0.25) is 15.0 Å². The molecule has 0 aromatic heterocycles. The first-order valence-electron chi connectivity index (χ1n) is 16.7. The third kappa shape index (κ3) is 17.4. The highest BCUT2D eigenvalue weighted by molar-refractivity contribution is 5.97. The molecule has 3 unspecified atom stereocenters. The van der Waals surface area contributed by atoms with Crippen LogP contribution in [0.3, 0.4) is 0 Å². The number of nitrogens with two attached hydrogens (primary N) is 1. The van der Waals surface area contributed by atoms with Crippen molar-refractivity contribution in [2.45, 2.75) is 123 Å². The summed E-state index contributed by atoms with van der Waals surface area (Å²) in [4.78, 5) is 42.3. The van der Waals surface area contributed by atoms with Crippen LogP contribution in [0.25, 0.3) is 0 Å². The second kappa shape index (κ2) is 24.6. The maximum Gasteiger partial charge on any atom is 0.331 e. The van der Waals surface area contributed by atoms with E-state index in [1.54, 1.807) is 4.90 Å². The van der Waals surface area contributed by atoms with Crippen molar-refractivity contribution in [1.29, 1.82) is 0 Å². The zero-order chi connectivity index (χ0) is 31.0. The minimum absolute atomic E-state index is 0.0278. The highest BCUT2D eigenvalue weighted by Gasteiger charge is 2.33. The van der Waals surface area contributed by atoms with E-state index < -0.39 is 6.03 Å². The zero-order valence-corrected chi connectivity index (χ0v) is 26.9. The Bertz CT molecular complexity index is 715. The Labute approximate surface area is 255 Å². The van der Waals surface area contributed by atoms with Crippen molar-refractivity contribution in [1.82, 2.24) is 25.1 Å². The molecule has 1 fully saturated rings. The lowest BCUT2D eigenvalue weighted by Gasteiger charge is -2.29. The third-order valence-corrected chi connectivity index (χ3v) is 7.92. The Balaban J connectivity index is 2.59. The lowest BCUT2D eigenvalue weighted by atomic mass is 10.1. The number of amides is 5. The number of carbonyl (C=O) groups is 3. The number of rotatable bonds is 27. The van der Waals surface area contributed by atoms with Crippen LogP contribution in [0, 0.1) is 0 Å². The number of urea groups is 2. The van der Waals surface area contributed by atoms with E-state index in [-0.39, 0.29) is 12.1 Å². The van der Waals surface area contributed by atoms with Crippen molar-refractivity contribution in [3.05, 3.63) is 0 Å². The molecule has 1 rings (SSSR count). The number of carbonyl (C=O) groups excluding carboxylic acids is 3. The molecule has 0 aliphatic carbocycles. The first-order valence-corrected chi connectivity index (χ1v) is 16.7. The summed E-state index contributed by atoms with van der Waals surface area (Å²) in [6, 6.07) is -0.436. The molecule has 0 aromatic carbocycles. The van der Waals surface area contributed by atoms with Crippen molar-refractivity contribution in [2.24, 2.45) is 5.73 Å². The molecule has 246 valence electrons. The van der Waals surface area contributed by atoms with E-state index in [1.165, 1.54) is 9.96 Å². The van der Waals surface area contributed by atoms with Crippen LogP contribution in [-0.4, -0.2) is 115 Å². The second-order valence-electron chi connectivity index (χ2n) is 11.7. The van der Waals surface area contributed by atoms with Gasteiger partial charge in [-0.2, -0.15) is 5.06 Å². The number of hydroxylamine groups is 2. The van der Waals surface area contributed by atoms with Gasteiger partial charge in [-0.15, -0.1) is 0 Å². The molecule has 1 aliphatic heterocycles. The molecule has 11 nitrogen and oxygen atoms in total. The summed E-state index contributed by atoms with van der Waals surface area (Å²) >= 11 is 0. The van der Waals surface area contributed by atoms with E-state index in [1.807, 2.05) is 0 Å². The van der Waals surface area contributed by atoms with Crippen molar-refractivity contribution in [3.8, 4) is 0 Å².